The molecule has 1 aromatic carbocycles. The van der Waals surface area contributed by atoms with Crippen molar-refractivity contribution in [2.24, 2.45) is 5.41 Å². The van der Waals surface area contributed by atoms with E-state index in [-0.39, 0.29) is 12.0 Å². The Morgan fingerprint density at radius 1 is 1.20 bits per heavy atom. The maximum Gasteiger partial charge on any atom is 0.121 e. The first-order valence-corrected chi connectivity index (χ1v) is 7.26. The summed E-state index contributed by atoms with van der Waals surface area (Å²) in [5, 5.41) is 13.0. The zero-order valence-electron chi connectivity index (χ0n) is 12.8. The number of nitrogens with one attached hydrogen (secondary N) is 1. The van der Waals surface area contributed by atoms with Gasteiger partial charge in [0.05, 0.1) is 13.2 Å². The molecule has 114 valence electrons. The zero-order valence-corrected chi connectivity index (χ0v) is 12.8. The molecular formula is C16H27NO3. The van der Waals surface area contributed by atoms with Crippen molar-refractivity contribution in [3.05, 3.63) is 24.3 Å². The van der Waals surface area contributed by atoms with E-state index < -0.39 is 0 Å². The van der Waals surface area contributed by atoms with Crippen molar-refractivity contribution < 1.29 is 14.6 Å². The number of rotatable bonds is 10. The van der Waals surface area contributed by atoms with E-state index in [1.807, 2.05) is 24.3 Å². The van der Waals surface area contributed by atoms with Gasteiger partial charge in [-0.3, -0.25) is 0 Å². The first-order valence-electron chi connectivity index (χ1n) is 7.26. The molecule has 4 nitrogen and oxygen atoms in total. The molecule has 0 saturated heterocycles. The van der Waals surface area contributed by atoms with Crippen molar-refractivity contribution in [1.82, 2.24) is 0 Å². The summed E-state index contributed by atoms with van der Waals surface area (Å²) >= 11 is 0. The summed E-state index contributed by atoms with van der Waals surface area (Å²) in [7, 11) is 1.66. The number of aliphatic hydroxyl groups excluding tert-OH is 1. The van der Waals surface area contributed by atoms with Gasteiger partial charge < -0.3 is 19.9 Å². The largest absolute Gasteiger partial charge is 0.491 e. The van der Waals surface area contributed by atoms with Gasteiger partial charge in [-0.1, -0.05) is 19.9 Å². The van der Waals surface area contributed by atoms with Gasteiger partial charge >= 0.3 is 0 Å². The highest BCUT2D eigenvalue weighted by atomic mass is 16.5. The lowest BCUT2D eigenvalue weighted by atomic mass is 9.83. The van der Waals surface area contributed by atoms with Crippen molar-refractivity contribution in [3.63, 3.8) is 0 Å². The minimum Gasteiger partial charge on any atom is -0.491 e. The van der Waals surface area contributed by atoms with Gasteiger partial charge in [-0.05, 0) is 25.0 Å². The van der Waals surface area contributed by atoms with Crippen LogP contribution < -0.4 is 10.1 Å². The smallest absolute Gasteiger partial charge is 0.121 e. The average Bonchev–Trinajstić information content (AvgIpc) is 2.50. The second kappa shape index (κ2) is 8.82. The van der Waals surface area contributed by atoms with E-state index in [0.717, 1.165) is 30.8 Å². The highest BCUT2D eigenvalue weighted by Gasteiger charge is 2.24. The van der Waals surface area contributed by atoms with Crippen molar-refractivity contribution >= 4 is 5.69 Å². The Labute approximate surface area is 122 Å². The van der Waals surface area contributed by atoms with Gasteiger partial charge in [-0.2, -0.15) is 0 Å². The van der Waals surface area contributed by atoms with E-state index in [2.05, 4.69) is 19.2 Å². The van der Waals surface area contributed by atoms with Crippen molar-refractivity contribution in [1.29, 1.82) is 0 Å². The maximum absolute atomic E-state index is 9.57. The van der Waals surface area contributed by atoms with E-state index in [0.29, 0.717) is 13.2 Å². The maximum atomic E-state index is 9.57. The molecule has 0 heterocycles. The molecule has 2 N–H and O–H groups in total. The number of anilines is 1. The Morgan fingerprint density at radius 3 is 2.55 bits per heavy atom. The number of hydrogen-bond acceptors (Lipinski definition) is 4. The molecule has 0 aromatic heterocycles. The molecule has 0 atom stereocenters. The highest BCUT2D eigenvalue weighted by Crippen LogP contribution is 2.27. The number of aliphatic hydroxyl groups is 1. The van der Waals surface area contributed by atoms with Gasteiger partial charge in [0.2, 0.25) is 0 Å². The summed E-state index contributed by atoms with van der Waals surface area (Å²) in [5.41, 5.74) is 0.965. The molecule has 0 aliphatic rings. The fourth-order valence-electron chi connectivity index (χ4n) is 2.01. The molecule has 0 fully saturated rings. The lowest BCUT2D eigenvalue weighted by molar-refractivity contribution is 0.127. The molecule has 20 heavy (non-hydrogen) atoms. The van der Waals surface area contributed by atoms with E-state index in [4.69, 9.17) is 9.47 Å². The van der Waals surface area contributed by atoms with Crippen LogP contribution in [0.4, 0.5) is 5.69 Å². The molecule has 0 amide bonds. The Bertz CT molecular complexity index is 369. The Morgan fingerprint density at radius 2 is 1.95 bits per heavy atom. The van der Waals surface area contributed by atoms with Gasteiger partial charge in [0.25, 0.3) is 0 Å². The van der Waals surface area contributed by atoms with Crippen LogP contribution in [-0.4, -0.2) is 38.6 Å². The van der Waals surface area contributed by atoms with Crippen LogP contribution in [0.15, 0.2) is 24.3 Å². The minimum absolute atomic E-state index is 0.0487. The van der Waals surface area contributed by atoms with Crippen LogP contribution in [0.5, 0.6) is 5.75 Å². The first-order chi connectivity index (χ1) is 9.69. The quantitative estimate of drug-likeness (QED) is 0.647. The van der Waals surface area contributed by atoms with Crippen molar-refractivity contribution in [2.45, 2.75) is 26.7 Å². The van der Waals surface area contributed by atoms with Crippen LogP contribution in [-0.2, 0) is 4.74 Å². The van der Waals surface area contributed by atoms with Crippen LogP contribution in [0.1, 0.15) is 26.7 Å². The Balaban J connectivity index is 2.57. The third-order valence-corrected chi connectivity index (χ3v) is 3.89. The molecule has 1 aromatic rings. The SMILES string of the molecule is CCC(CC)(CO)CNc1cccc(OCCOC)c1. The lowest BCUT2D eigenvalue weighted by Gasteiger charge is -2.30. The van der Waals surface area contributed by atoms with E-state index in [9.17, 15) is 5.11 Å². The van der Waals surface area contributed by atoms with Crippen LogP contribution in [0.2, 0.25) is 0 Å². The summed E-state index contributed by atoms with van der Waals surface area (Å²) in [4.78, 5) is 0. The molecular weight excluding hydrogens is 254 g/mol. The molecule has 0 spiro atoms. The third-order valence-electron chi connectivity index (χ3n) is 3.89. The Kier molecular flexibility index (Phi) is 7.41. The van der Waals surface area contributed by atoms with Crippen molar-refractivity contribution in [3.8, 4) is 5.75 Å². The number of hydrogen-bond donors (Lipinski definition) is 2. The fourth-order valence-corrected chi connectivity index (χ4v) is 2.01. The minimum atomic E-state index is -0.0487. The van der Waals surface area contributed by atoms with Gasteiger partial charge in [-0.15, -0.1) is 0 Å². The number of ether oxygens (including phenoxy) is 2. The Hall–Kier alpha value is -1.26. The standard InChI is InChI=1S/C16H27NO3/c1-4-16(5-2,13-18)12-17-14-7-6-8-15(11-14)20-10-9-19-3/h6-8,11,17-18H,4-5,9-10,12-13H2,1-3H3. The molecule has 0 aliphatic carbocycles. The molecule has 0 aliphatic heterocycles. The average molecular weight is 281 g/mol. The zero-order chi connectivity index (χ0) is 14.8. The molecule has 4 heteroatoms. The van der Waals surface area contributed by atoms with Gasteiger partial charge in [-0.25, -0.2) is 0 Å². The first kappa shape index (κ1) is 16.8. The normalized spacial score (nSPS) is 11.4. The number of benzene rings is 1. The fraction of sp³-hybridized carbons (Fsp3) is 0.625. The third kappa shape index (κ3) is 5.02. The summed E-state index contributed by atoms with van der Waals surface area (Å²) in [6, 6.07) is 7.88. The number of methoxy groups -OCH3 is 1. The van der Waals surface area contributed by atoms with Crippen LogP contribution in [0, 0.1) is 5.41 Å². The molecule has 0 unspecified atom stereocenters. The second-order valence-electron chi connectivity index (χ2n) is 5.09. The monoisotopic (exact) mass is 281 g/mol. The second-order valence-corrected chi connectivity index (χ2v) is 5.09. The topological polar surface area (TPSA) is 50.7 Å². The van der Waals surface area contributed by atoms with E-state index in [1.165, 1.54) is 0 Å². The molecule has 0 radical (unpaired) electrons. The van der Waals surface area contributed by atoms with Crippen molar-refractivity contribution in [2.75, 3.05) is 38.8 Å². The van der Waals surface area contributed by atoms with Gasteiger partial charge in [0.15, 0.2) is 0 Å². The predicted molar refractivity (Wildman–Crippen MR) is 82.4 cm³/mol. The summed E-state index contributed by atoms with van der Waals surface area (Å²) < 4.78 is 10.5. The highest BCUT2D eigenvalue weighted by molar-refractivity contribution is 5.48. The summed E-state index contributed by atoms with van der Waals surface area (Å²) in [6.45, 7) is 6.33. The van der Waals surface area contributed by atoms with Crippen LogP contribution in [0.25, 0.3) is 0 Å². The van der Waals surface area contributed by atoms with Gasteiger partial charge in [0.1, 0.15) is 12.4 Å². The lowest BCUT2D eigenvalue weighted by Crippen LogP contribution is -2.32. The van der Waals surface area contributed by atoms with Crippen LogP contribution in [0.3, 0.4) is 0 Å². The van der Waals surface area contributed by atoms with E-state index >= 15 is 0 Å². The summed E-state index contributed by atoms with van der Waals surface area (Å²) in [6.07, 6.45) is 1.91. The van der Waals surface area contributed by atoms with Crippen LogP contribution >= 0.6 is 0 Å². The molecule has 0 bridgehead atoms. The molecule has 1 rings (SSSR count). The van der Waals surface area contributed by atoms with Gasteiger partial charge in [0, 0.05) is 30.8 Å². The molecule has 0 saturated carbocycles. The predicted octanol–water partition coefficient (Wildman–Crippen LogP) is 2.92. The van der Waals surface area contributed by atoms with E-state index in [1.54, 1.807) is 7.11 Å². The summed E-state index contributed by atoms with van der Waals surface area (Å²) in [5.74, 6) is 0.828.